The highest BCUT2D eigenvalue weighted by Gasteiger charge is 2.49. The summed E-state index contributed by atoms with van der Waals surface area (Å²) >= 11 is 1.42. The van der Waals surface area contributed by atoms with Crippen LogP contribution in [0.1, 0.15) is 18.1 Å². The molecule has 3 rings (SSSR count). The first-order valence-electron chi connectivity index (χ1n) is 7.96. The zero-order valence-corrected chi connectivity index (χ0v) is 15.2. The van der Waals surface area contributed by atoms with Crippen LogP contribution in [0.15, 0.2) is 41.1 Å². The van der Waals surface area contributed by atoms with Crippen LogP contribution in [0, 0.1) is 5.82 Å². The van der Waals surface area contributed by atoms with Gasteiger partial charge in [-0.15, -0.1) is 0 Å². The van der Waals surface area contributed by atoms with E-state index in [1.807, 2.05) is 5.38 Å². The summed E-state index contributed by atoms with van der Waals surface area (Å²) in [4.78, 5) is 39.7. The lowest BCUT2D eigenvalue weighted by Crippen LogP contribution is -2.43. The van der Waals surface area contributed by atoms with E-state index in [1.54, 1.807) is 37.6 Å². The number of hydrogen-bond acceptors (Lipinski definition) is 4. The van der Waals surface area contributed by atoms with Gasteiger partial charge in [-0.1, -0.05) is 12.1 Å². The maximum absolute atomic E-state index is 13.3. The van der Waals surface area contributed by atoms with Gasteiger partial charge >= 0.3 is 6.03 Å². The lowest BCUT2D eigenvalue weighted by atomic mass is 9.95. The summed E-state index contributed by atoms with van der Waals surface area (Å²) in [5.74, 6) is -1.26. The molecule has 0 radical (unpaired) electrons. The Morgan fingerprint density at radius 1 is 1.35 bits per heavy atom. The Balaban J connectivity index is 1.69. The van der Waals surface area contributed by atoms with Crippen LogP contribution in [-0.4, -0.2) is 41.2 Å². The molecule has 1 unspecified atom stereocenters. The summed E-state index contributed by atoms with van der Waals surface area (Å²) in [5, 5.41) is 6.27. The minimum Gasteiger partial charge on any atom is -0.340 e. The highest BCUT2D eigenvalue weighted by molar-refractivity contribution is 7.08. The molecule has 1 fully saturated rings. The summed E-state index contributed by atoms with van der Waals surface area (Å²) in [6.07, 6.45) is 0. The van der Waals surface area contributed by atoms with Crippen molar-refractivity contribution < 1.29 is 18.8 Å². The standard InChI is InChI=1S/C18H18FN3O3S/c1-18(13-6-7-26-11-13)16(24)22(17(25)20-18)10-15(23)21(2)9-12-4-3-5-14(19)8-12/h3-8,11H,9-10H2,1-2H3,(H,20,25). The summed E-state index contributed by atoms with van der Waals surface area (Å²) in [7, 11) is 1.55. The fourth-order valence-electron chi connectivity index (χ4n) is 2.84. The van der Waals surface area contributed by atoms with E-state index in [0.29, 0.717) is 11.1 Å². The number of nitrogens with zero attached hydrogens (tertiary/aromatic N) is 2. The van der Waals surface area contributed by atoms with Crippen LogP contribution in [0.5, 0.6) is 0 Å². The van der Waals surface area contributed by atoms with E-state index in [-0.39, 0.29) is 18.9 Å². The van der Waals surface area contributed by atoms with Gasteiger partial charge in [-0.05, 0) is 47.0 Å². The molecule has 8 heteroatoms. The molecule has 2 aromatic rings. The van der Waals surface area contributed by atoms with E-state index >= 15 is 0 Å². The molecular weight excluding hydrogens is 357 g/mol. The molecule has 1 aromatic heterocycles. The van der Waals surface area contributed by atoms with Gasteiger partial charge in [0.15, 0.2) is 0 Å². The third-order valence-electron chi connectivity index (χ3n) is 4.40. The number of carbonyl (C=O) groups is 3. The van der Waals surface area contributed by atoms with Crippen molar-refractivity contribution in [3.63, 3.8) is 0 Å². The molecule has 1 aliphatic heterocycles. The van der Waals surface area contributed by atoms with Gasteiger partial charge in [0.2, 0.25) is 5.91 Å². The van der Waals surface area contributed by atoms with Crippen LogP contribution < -0.4 is 5.32 Å². The Hall–Kier alpha value is -2.74. The van der Waals surface area contributed by atoms with Crippen LogP contribution in [0.25, 0.3) is 0 Å². The Bertz CT molecular complexity index is 855. The summed E-state index contributed by atoms with van der Waals surface area (Å²) < 4.78 is 13.3. The molecular formula is C18H18FN3O3S. The number of rotatable bonds is 5. The second kappa shape index (κ2) is 6.87. The van der Waals surface area contributed by atoms with Crippen molar-refractivity contribution in [1.82, 2.24) is 15.1 Å². The minimum absolute atomic E-state index is 0.183. The Labute approximate surface area is 154 Å². The van der Waals surface area contributed by atoms with Gasteiger partial charge in [0, 0.05) is 13.6 Å². The smallest absolute Gasteiger partial charge is 0.325 e. The van der Waals surface area contributed by atoms with E-state index in [0.717, 1.165) is 4.90 Å². The molecule has 0 bridgehead atoms. The maximum atomic E-state index is 13.3. The summed E-state index contributed by atoms with van der Waals surface area (Å²) in [5.41, 5.74) is 0.142. The van der Waals surface area contributed by atoms with E-state index in [4.69, 9.17) is 0 Å². The number of carbonyl (C=O) groups excluding carboxylic acids is 3. The first kappa shape index (κ1) is 18.1. The Morgan fingerprint density at radius 3 is 2.77 bits per heavy atom. The molecule has 0 aliphatic carbocycles. The molecule has 2 heterocycles. The molecule has 0 saturated carbocycles. The molecule has 4 amide bonds. The molecule has 1 aliphatic rings. The van der Waals surface area contributed by atoms with Crippen molar-refractivity contribution in [3.8, 4) is 0 Å². The number of urea groups is 1. The van der Waals surface area contributed by atoms with Gasteiger partial charge in [-0.3, -0.25) is 14.5 Å². The van der Waals surface area contributed by atoms with Gasteiger partial charge in [-0.2, -0.15) is 11.3 Å². The highest BCUT2D eigenvalue weighted by Crippen LogP contribution is 2.30. The van der Waals surface area contributed by atoms with Gasteiger partial charge in [0.25, 0.3) is 5.91 Å². The van der Waals surface area contributed by atoms with E-state index in [1.165, 1.54) is 28.4 Å². The number of amides is 4. The van der Waals surface area contributed by atoms with Crippen molar-refractivity contribution >= 4 is 29.2 Å². The van der Waals surface area contributed by atoms with Crippen molar-refractivity contribution in [3.05, 3.63) is 58.0 Å². The lowest BCUT2D eigenvalue weighted by molar-refractivity contribution is -0.138. The second-order valence-electron chi connectivity index (χ2n) is 6.34. The monoisotopic (exact) mass is 375 g/mol. The largest absolute Gasteiger partial charge is 0.340 e. The molecule has 26 heavy (non-hydrogen) atoms. The number of thiophene rings is 1. The number of hydrogen-bond donors (Lipinski definition) is 1. The lowest BCUT2D eigenvalue weighted by Gasteiger charge is -2.22. The van der Waals surface area contributed by atoms with Gasteiger partial charge < -0.3 is 10.2 Å². The van der Waals surface area contributed by atoms with Gasteiger partial charge in [0.1, 0.15) is 17.9 Å². The quantitative estimate of drug-likeness (QED) is 0.816. The van der Waals surface area contributed by atoms with E-state index < -0.39 is 23.4 Å². The molecule has 6 nitrogen and oxygen atoms in total. The van der Waals surface area contributed by atoms with Crippen LogP contribution >= 0.6 is 11.3 Å². The molecule has 0 spiro atoms. The van der Waals surface area contributed by atoms with Crippen molar-refractivity contribution in [2.75, 3.05) is 13.6 Å². The number of halogens is 1. The highest BCUT2D eigenvalue weighted by atomic mass is 32.1. The predicted octanol–water partition coefficient (Wildman–Crippen LogP) is 2.31. The first-order chi connectivity index (χ1) is 12.3. The fraction of sp³-hybridized carbons (Fsp3) is 0.278. The van der Waals surface area contributed by atoms with Gasteiger partial charge in [-0.25, -0.2) is 9.18 Å². The molecule has 136 valence electrons. The topological polar surface area (TPSA) is 69.7 Å². The van der Waals surface area contributed by atoms with E-state index in [9.17, 15) is 18.8 Å². The summed E-state index contributed by atoms with van der Waals surface area (Å²) in [6.45, 7) is 1.44. The Morgan fingerprint density at radius 2 is 2.12 bits per heavy atom. The van der Waals surface area contributed by atoms with Crippen molar-refractivity contribution in [1.29, 1.82) is 0 Å². The number of benzene rings is 1. The van der Waals surface area contributed by atoms with Crippen LogP contribution in [0.3, 0.4) is 0 Å². The maximum Gasteiger partial charge on any atom is 0.325 e. The first-order valence-corrected chi connectivity index (χ1v) is 8.91. The molecule has 1 atom stereocenters. The van der Waals surface area contributed by atoms with Gasteiger partial charge in [0.05, 0.1) is 0 Å². The zero-order chi connectivity index (χ0) is 18.9. The third kappa shape index (κ3) is 3.32. The normalized spacial score (nSPS) is 19.6. The van der Waals surface area contributed by atoms with Crippen LogP contribution in [0.2, 0.25) is 0 Å². The fourth-order valence-corrected chi connectivity index (χ4v) is 3.60. The number of likely N-dealkylation sites (N-methyl/N-ethyl adjacent to an activating group) is 1. The average molecular weight is 375 g/mol. The SMILES string of the molecule is CN(Cc1cccc(F)c1)C(=O)CN1C(=O)NC(C)(c2ccsc2)C1=O. The molecule has 1 N–H and O–H groups in total. The average Bonchev–Trinajstić information content (AvgIpc) is 3.19. The van der Waals surface area contributed by atoms with Crippen LogP contribution in [0.4, 0.5) is 9.18 Å². The summed E-state index contributed by atoms with van der Waals surface area (Å²) in [6, 6.07) is 7.09. The van der Waals surface area contributed by atoms with E-state index in [2.05, 4.69) is 5.32 Å². The minimum atomic E-state index is -1.17. The van der Waals surface area contributed by atoms with Crippen molar-refractivity contribution in [2.24, 2.45) is 0 Å². The van der Waals surface area contributed by atoms with Crippen molar-refractivity contribution in [2.45, 2.75) is 19.0 Å². The number of imide groups is 1. The zero-order valence-electron chi connectivity index (χ0n) is 14.4. The number of nitrogens with one attached hydrogen (secondary N) is 1. The molecule has 1 saturated heterocycles. The molecule has 1 aromatic carbocycles. The second-order valence-corrected chi connectivity index (χ2v) is 7.12. The van der Waals surface area contributed by atoms with Crippen LogP contribution in [-0.2, 0) is 21.7 Å². The third-order valence-corrected chi connectivity index (χ3v) is 5.08. The Kier molecular flexibility index (Phi) is 4.78. The predicted molar refractivity (Wildman–Crippen MR) is 94.8 cm³/mol.